The van der Waals surface area contributed by atoms with Crippen LogP contribution in [0.1, 0.15) is 19.8 Å². The Balaban J connectivity index is 1.55. The SMILES string of the molecule is CC1=C(Nc2ccc(F)cc2)C=C2CCN(Sc3ccc(F)cc3)CC2(CN(C)C)C1. The van der Waals surface area contributed by atoms with Gasteiger partial charge in [0, 0.05) is 41.3 Å². The monoisotopic (exact) mass is 441 g/mol. The smallest absolute Gasteiger partial charge is 0.123 e. The molecule has 0 saturated carbocycles. The lowest BCUT2D eigenvalue weighted by atomic mass is 9.68. The summed E-state index contributed by atoms with van der Waals surface area (Å²) in [6.45, 7) is 5.05. The highest BCUT2D eigenvalue weighted by molar-refractivity contribution is 7.97. The second-order valence-corrected chi connectivity index (χ2v) is 10.0. The predicted octanol–water partition coefficient (Wildman–Crippen LogP) is 5.94. The summed E-state index contributed by atoms with van der Waals surface area (Å²) in [5.74, 6) is -0.430. The van der Waals surface area contributed by atoms with Crippen LogP contribution >= 0.6 is 11.9 Å². The number of nitrogens with zero attached hydrogens (tertiary/aromatic N) is 2. The van der Waals surface area contributed by atoms with Crippen LogP contribution in [-0.2, 0) is 0 Å². The molecule has 2 aromatic carbocycles. The molecule has 1 unspecified atom stereocenters. The molecule has 164 valence electrons. The number of piperidine rings is 1. The first-order valence-electron chi connectivity index (χ1n) is 10.6. The van der Waals surface area contributed by atoms with Crippen molar-refractivity contribution in [1.82, 2.24) is 9.21 Å². The van der Waals surface area contributed by atoms with Gasteiger partial charge in [0.1, 0.15) is 11.6 Å². The minimum Gasteiger partial charge on any atom is -0.356 e. The van der Waals surface area contributed by atoms with E-state index in [1.165, 1.54) is 35.4 Å². The molecule has 0 spiro atoms. The van der Waals surface area contributed by atoms with Gasteiger partial charge in [-0.1, -0.05) is 5.57 Å². The van der Waals surface area contributed by atoms with E-state index in [9.17, 15) is 8.78 Å². The average Bonchev–Trinajstić information content (AvgIpc) is 2.71. The van der Waals surface area contributed by atoms with Gasteiger partial charge >= 0.3 is 0 Å². The van der Waals surface area contributed by atoms with E-state index < -0.39 is 0 Å². The average molecular weight is 442 g/mol. The molecule has 1 aliphatic heterocycles. The summed E-state index contributed by atoms with van der Waals surface area (Å²) in [4.78, 5) is 3.33. The second-order valence-electron chi connectivity index (χ2n) is 8.85. The van der Waals surface area contributed by atoms with Crippen molar-refractivity contribution in [3.63, 3.8) is 0 Å². The third kappa shape index (κ3) is 5.20. The van der Waals surface area contributed by atoms with Crippen molar-refractivity contribution < 1.29 is 8.78 Å². The van der Waals surface area contributed by atoms with E-state index >= 15 is 0 Å². The van der Waals surface area contributed by atoms with Crippen molar-refractivity contribution >= 4 is 17.6 Å². The van der Waals surface area contributed by atoms with E-state index in [0.717, 1.165) is 48.8 Å². The Labute approximate surface area is 188 Å². The zero-order valence-corrected chi connectivity index (χ0v) is 19.1. The van der Waals surface area contributed by atoms with Crippen molar-refractivity contribution in [2.24, 2.45) is 5.41 Å². The summed E-state index contributed by atoms with van der Waals surface area (Å²) in [7, 11) is 4.26. The van der Waals surface area contributed by atoms with E-state index in [4.69, 9.17) is 0 Å². The van der Waals surface area contributed by atoms with Crippen molar-refractivity contribution in [2.45, 2.75) is 24.7 Å². The highest BCUT2D eigenvalue weighted by Gasteiger charge is 2.42. The van der Waals surface area contributed by atoms with Crippen LogP contribution in [0.15, 0.2) is 76.3 Å². The topological polar surface area (TPSA) is 18.5 Å². The van der Waals surface area contributed by atoms with Crippen LogP contribution in [0.25, 0.3) is 0 Å². The zero-order chi connectivity index (χ0) is 22.0. The molecular weight excluding hydrogens is 412 g/mol. The fourth-order valence-electron chi connectivity index (χ4n) is 4.69. The number of hydrogen-bond donors (Lipinski definition) is 1. The van der Waals surface area contributed by atoms with Crippen molar-refractivity contribution in [2.75, 3.05) is 39.0 Å². The van der Waals surface area contributed by atoms with Crippen LogP contribution in [0.4, 0.5) is 14.5 Å². The summed E-state index contributed by atoms with van der Waals surface area (Å²) in [5, 5.41) is 3.49. The zero-order valence-electron chi connectivity index (χ0n) is 18.3. The van der Waals surface area contributed by atoms with Crippen LogP contribution < -0.4 is 5.32 Å². The van der Waals surface area contributed by atoms with E-state index in [-0.39, 0.29) is 17.0 Å². The van der Waals surface area contributed by atoms with E-state index in [1.807, 2.05) is 12.1 Å². The standard InChI is InChI=1S/C25H29F2N3S/c1-18-15-25(16-29(2)3)17-30(31-23-10-6-21(27)7-11-23)13-12-19(25)14-24(18)28-22-8-4-20(26)5-9-22/h4-11,14,28H,12-13,15-17H2,1-3H3. The molecule has 0 radical (unpaired) electrons. The number of nitrogens with one attached hydrogen (secondary N) is 1. The van der Waals surface area contributed by atoms with Gasteiger partial charge in [-0.2, -0.15) is 0 Å². The number of fused-ring (bicyclic) bond motifs is 1. The van der Waals surface area contributed by atoms with Gasteiger partial charge < -0.3 is 10.2 Å². The number of halogens is 2. The fourth-order valence-corrected chi connectivity index (χ4v) is 5.74. The van der Waals surface area contributed by atoms with Crippen LogP contribution in [0.5, 0.6) is 0 Å². The molecule has 2 aromatic rings. The number of anilines is 1. The number of allylic oxidation sites excluding steroid dienone is 2. The fraction of sp³-hybridized carbons (Fsp3) is 0.360. The predicted molar refractivity (Wildman–Crippen MR) is 125 cm³/mol. The molecule has 1 heterocycles. The van der Waals surface area contributed by atoms with Gasteiger partial charge in [0.25, 0.3) is 0 Å². The van der Waals surface area contributed by atoms with Crippen LogP contribution in [0.3, 0.4) is 0 Å². The van der Waals surface area contributed by atoms with Gasteiger partial charge in [0.15, 0.2) is 0 Å². The largest absolute Gasteiger partial charge is 0.356 e. The maximum Gasteiger partial charge on any atom is 0.123 e. The molecule has 1 N–H and O–H groups in total. The van der Waals surface area contributed by atoms with Crippen LogP contribution in [0.2, 0.25) is 0 Å². The van der Waals surface area contributed by atoms with Gasteiger partial charge in [-0.05, 0) is 106 Å². The Hall–Kier alpha value is -2.15. The van der Waals surface area contributed by atoms with Gasteiger partial charge in [0.05, 0.1) is 0 Å². The van der Waals surface area contributed by atoms with Crippen LogP contribution in [-0.4, -0.2) is 42.9 Å². The highest BCUT2D eigenvalue weighted by Crippen LogP contribution is 2.47. The lowest BCUT2D eigenvalue weighted by molar-refractivity contribution is 0.165. The Morgan fingerprint density at radius 3 is 2.32 bits per heavy atom. The maximum atomic E-state index is 13.3. The Morgan fingerprint density at radius 1 is 1.03 bits per heavy atom. The molecule has 1 fully saturated rings. The second kappa shape index (κ2) is 9.15. The minimum absolute atomic E-state index is 0.0485. The summed E-state index contributed by atoms with van der Waals surface area (Å²) in [5.41, 5.74) is 4.84. The molecule has 0 aromatic heterocycles. The summed E-state index contributed by atoms with van der Waals surface area (Å²) < 4.78 is 29.0. The highest BCUT2D eigenvalue weighted by atomic mass is 32.2. The minimum atomic E-state index is -0.228. The van der Waals surface area contributed by atoms with E-state index in [2.05, 4.69) is 41.6 Å². The maximum absolute atomic E-state index is 13.3. The van der Waals surface area contributed by atoms with Gasteiger partial charge in [-0.3, -0.25) is 0 Å². The Kier molecular flexibility index (Phi) is 6.51. The molecule has 2 aliphatic rings. The number of rotatable bonds is 6. The molecule has 6 heteroatoms. The molecule has 1 saturated heterocycles. The molecule has 4 rings (SSSR count). The molecule has 0 bridgehead atoms. The summed E-state index contributed by atoms with van der Waals surface area (Å²) >= 11 is 1.71. The lowest BCUT2D eigenvalue weighted by Gasteiger charge is -2.48. The molecule has 1 atom stereocenters. The van der Waals surface area contributed by atoms with Crippen molar-refractivity contribution in [1.29, 1.82) is 0 Å². The molecule has 1 aliphatic carbocycles. The number of hydrogen-bond acceptors (Lipinski definition) is 4. The van der Waals surface area contributed by atoms with Gasteiger partial charge in [-0.15, -0.1) is 0 Å². The Bertz CT molecular complexity index is 983. The molecule has 3 nitrogen and oxygen atoms in total. The molecular formula is C25H29F2N3S. The van der Waals surface area contributed by atoms with E-state index in [1.54, 1.807) is 24.1 Å². The summed E-state index contributed by atoms with van der Waals surface area (Å²) in [6.07, 6.45) is 4.27. The normalized spacial score (nSPS) is 21.8. The quantitative estimate of drug-likeness (QED) is 0.559. The first-order valence-corrected chi connectivity index (χ1v) is 11.4. The Morgan fingerprint density at radius 2 is 1.68 bits per heavy atom. The molecule has 0 amide bonds. The van der Waals surface area contributed by atoms with Crippen LogP contribution in [0, 0.1) is 17.0 Å². The molecule has 31 heavy (non-hydrogen) atoms. The van der Waals surface area contributed by atoms with Gasteiger partial charge in [0.2, 0.25) is 0 Å². The first kappa shape index (κ1) is 22.1. The summed E-state index contributed by atoms with van der Waals surface area (Å²) in [6, 6.07) is 13.3. The number of benzene rings is 2. The first-order chi connectivity index (χ1) is 14.8. The lowest BCUT2D eigenvalue weighted by Crippen LogP contribution is -2.48. The van der Waals surface area contributed by atoms with Crippen molar-refractivity contribution in [3.8, 4) is 0 Å². The van der Waals surface area contributed by atoms with E-state index in [0.29, 0.717) is 0 Å². The third-order valence-corrected chi connectivity index (χ3v) is 7.02. The van der Waals surface area contributed by atoms with Crippen molar-refractivity contribution in [3.05, 3.63) is 83.1 Å². The third-order valence-electron chi connectivity index (χ3n) is 5.96. The van der Waals surface area contributed by atoms with Gasteiger partial charge in [-0.25, -0.2) is 13.1 Å².